The molecule has 0 saturated heterocycles. The number of ether oxygens (including phenoxy) is 2. The summed E-state index contributed by atoms with van der Waals surface area (Å²) in [6, 6.07) is 73.6. The quantitative estimate of drug-likeness (QED) is 0.0550. The zero-order valence-electron chi connectivity index (χ0n) is 55.8. The Kier molecular flexibility index (Phi) is 18.2. The fraction of sp³-hybridized carbons (Fsp3) is 0.383. The first-order chi connectivity index (χ1) is 40.7. The molecule has 0 atom stereocenters. The highest BCUT2D eigenvalue weighted by Gasteiger charge is 2.41. The second-order valence-electron chi connectivity index (χ2n) is 30.5. The van der Waals surface area contributed by atoms with Crippen molar-refractivity contribution in [2.45, 2.75) is 188 Å². The van der Waals surface area contributed by atoms with Crippen molar-refractivity contribution in [2.24, 2.45) is 7.05 Å². The summed E-state index contributed by atoms with van der Waals surface area (Å²) in [6.07, 6.45) is 0.757. The van der Waals surface area contributed by atoms with Crippen molar-refractivity contribution in [3.8, 4) is 11.5 Å². The fourth-order valence-electron chi connectivity index (χ4n) is 12.3. The van der Waals surface area contributed by atoms with Crippen LogP contribution in [0.3, 0.4) is 0 Å². The van der Waals surface area contributed by atoms with E-state index in [1.807, 2.05) is 16.4 Å². The van der Waals surface area contributed by atoms with Crippen molar-refractivity contribution >= 4 is 15.9 Å². The Bertz CT molecular complexity index is 3460. The third-order valence-electron chi connectivity index (χ3n) is 17.9. The van der Waals surface area contributed by atoms with Crippen molar-refractivity contribution in [1.82, 2.24) is 9.90 Å². The lowest BCUT2D eigenvalue weighted by atomic mass is 9.64. The highest BCUT2D eigenvalue weighted by Crippen LogP contribution is 2.49. The Morgan fingerprint density at radius 1 is 0.322 bits per heavy atom. The van der Waals surface area contributed by atoms with E-state index >= 15 is 0 Å². The van der Waals surface area contributed by atoms with E-state index in [0.29, 0.717) is 19.8 Å². The van der Waals surface area contributed by atoms with Crippen molar-refractivity contribution in [3.63, 3.8) is 0 Å². The van der Waals surface area contributed by atoms with Gasteiger partial charge in [-0.2, -0.15) is 0 Å². The van der Waals surface area contributed by atoms with Gasteiger partial charge in [0.05, 0.1) is 22.7 Å². The molecule has 87 heavy (non-hydrogen) atoms. The molecule has 9 rings (SSSR count). The van der Waals surface area contributed by atoms with Crippen molar-refractivity contribution in [2.75, 3.05) is 6.61 Å². The molecule has 9 aromatic rings. The van der Waals surface area contributed by atoms with Crippen LogP contribution in [0.2, 0.25) is 0 Å². The summed E-state index contributed by atoms with van der Waals surface area (Å²) in [6.45, 7) is 42.6. The standard InChI is InChI=1S/C81H97BrN3O2/c1-74(2,3)56-21-33-62(34-22-56)80(63-35-23-57(24-36-63)75(4,5)6,64-37-25-58(26-38-64)76(7,8)9)68-45-49-70(50-46-68)86-54-20-53-85-73(82)72(84(19)83-85)55-87-71-51-47-69(48-52-71)81(65-39-27-59(28-40-65)77(10,11)12,66-41-29-60(30-42-66)78(13,14)15)67-43-31-61(32-44-67)79(16,17)18/h21-52H,20,53-55H2,1-19H3/q+1. The maximum atomic E-state index is 6.64. The van der Waals surface area contributed by atoms with Gasteiger partial charge < -0.3 is 9.47 Å². The van der Waals surface area contributed by atoms with Gasteiger partial charge in [0, 0.05) is 22.4 Å². The lowest BCUT2D eigenvalue weighted by Gasteiger charge is -2.38. The first kappa shape index (κ1) is 64.5. The number of hydrogen-bond donors (Lipinski definition) is 0. The summed E-state index contributed by atoms with van der Waals surface area (Å²) in [4.78, 5) is 0. The maximum absolute atomic E-state index is 6.64. The summed E-state index contributed by atoms with van der Waals surface area (Å²) in [7, 11) is 1.98. The van der Waals surface area contributed by atoms with Gasteiger partial charge in [-0.15, -0.1) is 9.36 Å². The first-order valence-corrected chi connectivity index (χ1v) is 32.3. The molecule has 0 saturated carbocycles. The molecule has 6 heteroatoms. The summed E-state index contributed by atoms with van der Waals surface area (Å²) < 4.78 is 18.0. The van der Waals surface area contributed by atoms with Gasteiger partial charge in [0.2, 0.25) is 10.3 Å². The molecule has 1 heterocycles. The third kappa shape index (κ3) is 13.7. The highest BCUT2D eigenvalue weighted by atomic mass is 79.9. The first-order valence-electron chi connectivity index (χ1n) is 31.5. The summed E-state index contributed by atoms with van der Waals surface area (Å²) in [5, 5.41) is 4.91. The van der Waals surface area contributed by atoms with Crippen LogP contribution in [0.25, 0.3) is 0 Å². The fourth-order valence-corrected chi connectivity index (χ4v) is 12.9. The molecule has 0 aliphatic rings. The molecule has 0 radical (unpaired) electrons. The Hall–Kier alpha value is -7.02. The normalized spacial score (nSPS) is 13.0. The van der Waals surface area contributed by atoms with Crippen molar-refractivity contribution in [3.05, 3.63) is 282 Å². The predicted octanol–water partition coefficient (Wildman–Crippen LogP) is 20.1. The number of benzene rings is 8. The summed E-state index contributed by atoms with van der Waals surface area (Å²) in [5.74, 6) is 1.62. The molecule has 1 aromatic heterocycles. The van der Waals surface area contributed by atoms with Gasteiger partial charge in [0.25, 0.3) is 0 Å². The van der Waals surface area contributed by atoms with Crippen LogP contribution in [0.1, 0.15) is 215 Å². The molecule has 5 nitrogen and oxygen atoms in total. The molecular weight excluding hydrogens is 1130 g/mol. The van der Waals surface area contributed by atoms with E-state index in [9.17, 15) is 0 Å². The minimum atomic E-state index is -0.616. The number of aromatic nitrogens is 3. The smallest absolute Gasteiger partial charge is 0.239 e. The average molecular weight is 1220 g/mol. The van der Waals surface area contributed by atoms with Crippen LogP contribution in [0.4, 0.5) is 0 Å². The maximum Gasteiger partial charge on any atom is 0.239 e. The van der Waals surface area contributed by atoms with Crippen LogP contribution < -0.4 is 14.2 Å². The van der Waals surface area contributed by atoms with Gasteiger partial charge in [-0.3, -0.25) is 0 Å². The van der Waals surface area contributed by atoms with E-state index in [1.54, 1.807) is 0 Å². The average Bonchev–Trinajstić information content (AvgIpc) is 1.23. The van der Waals surface area contributed by atoms with E-state index in [0.717, 1.165) is 28.2 Å². The molecule has 0 amide bonds. The molecule has 0 aliphatic carbocycles. The number of rotatable bonds is 16. The molecule has 0 aliphatic heterocycles. The molecule has 0 spiro atoms. The lowest BCUT2D eigenvalue weighted by molar-refractivity contribution is -0.765. The second-order valence-corrected chi connectivity index (χ2v) is 31.2. The minimum Gasteiger partial charge on any atom is -0.493 e. The topological polar surface area (TPSA) is 40.2 Å². The van der Waals surface area contributed by atoms with E-state index in [2.05, 4.69) is 335 Å². The number of nitrogens with zero attached hydrogens (tertiary/aromatic N) is 3. The van der Waals surface area contributed by atoms with Crippen LogP contribution >= 0.6 is 15.9 Å². The highest BCUT2D eigenvalue weighted by molar-refractivity contribution is 9.10. The number of halogens is 1. The Morgan fingerprint density at radius 2 is 0.529 bits per heavy atom. The van der Waals surface area contributed by atoms with Crippen molar-refractivity contribution < 1.29 is 14.2 Å². The molecule has 0 N–H and O–H groups in total. The molecular formula is C81H97BrN3O2+. The minimum absolute atomic E-state index is 0.0202. The summed E-state index contributed by atoms with van der Waals surface area (Å²) >= 11 is 3.92. The summed E-state index contributed by atoms with van der Waals surface area (Å²) in [5.41, 5.74) is 17.4. The van der Waals surface area contributed by atoms with E-state index in [1.165, 1.54) is 77.9 Å². The Morgan fingerprint density at radius 3 is 0.759 bits per heavy atom. The Balaban J connectivity index is 0.951. The molecule has 0 fully saturated rings. The monoisotopic (exact) mass is 1220 g/mol. The largest absolute Gasteiger partial charge is 0.493 e. The predicted molar refractivity (Wildman–Crippen MR) is 367 cm³/mol. The van der Waals surface area contributed by atoms with Crippen LogP contribution in [0, 0.1) is 0 Å². The zero-order chi connectivity index (χ0) is 63.1. The van der Waals surface area contributed by atoms with Gasteiger partial charge in [0.1, 0.15) is 25.1 Å². The van der Waals surface area contributed by atoms with Crippen LogP contribution in [0.5, 0.6) is 11.5 Å². The van der Waals surface area contributed by atoms with E-state index < -0.39 is 10.8 Å². The Labute approximate surface area is 531 Å². The second kappa shape index (κ2) is 24.5. The SMILES string of the molecule is Cn1n[n+](CCCOc2ccc(C(c3ccc(C(C)(C)C)cc3)(c3ccc(C(C)(C)C)cc3)c3ccc(C(C)(C)C)cc3)cc2)c(Br)c1COc1ccc(C(c2ccc(C(C)(C)C)cc2)(c2ccc(C(C)(C)C)cc2)c2ccc(C(C)(C)C)cc2)cc1. The molecule has 0 unspecified atom stereocenters. The van der Waals surface area contributed by atoms with Gasteiger partial charge >= 0.3 is 0 Å². The van der Waals surface area contributed by atoms with Crippen LogP contribution in [0.15, 0.2) is 199 Å². The lowest BCUT2D eigenvalue weighted by Crippen LogP contribution is -2.38. The van der Waals surface area contributed by atoms with Crippen molar-refractivity contribution in [1.29, 1.82) is 0 Å². The van der Waals surface area contributed by atoms with Gasteiger partial charge in [-0.05, 0) is 135 Å². The zero-order valence-corrected chi connectivity index (χ0v) is 57.4. The molecule has 454 valence electrons. The van der Waals surface area contributed by atoms with Gasteiger partial charge in [0.15, 0.2) is 6.61 Å². The third-order valence-corrected chi connectivity index (χ3v) is 18.8. The van der Waals surface area contributed by atoms with Crippen LogP contribution in [-0.2, 0) is 63.5 Å². The van der Waals surface area contributed by atoms with Gasteiger partial charge in [-0.1, -0.05) is 294 Å². The number of aryl methyl sites for hydroxylation is 2. The van der Waals surface area contributed by atoms with Crippen LogP contribution in [-0.4, -0.2) is 16.5 Å². The van der Waals surface area contributed by atoms with E-state index in [4.69, 9.17) is 14.7 Å². The molecule has 8 aromatic carbocycles. The van der Waals surface area contributed by atoms with Gasteiger partial charge in [-0.25, -0.2) is 0 Å². The number of hydrogen-bond acceptors (Lipinski definition) is 3. The van der Waals surface area contributed by atoms with E-state index in [-0.39, 0.29) is 32.5 Å². The molecule has 0 bridgehead atoms.